The van der Waals surface area contributed by atoms with Gasteiger partial charge in [0.1, 0.15) is 0 Å². The van der Waals surface area contributed by atoms with Crippen molar-refractivity contribution in [1.82, 2.24) is 15.8 Å². The number of fused-ring (bicyclic) bond motifs is 5. The highest BCUT2D eigenvalue weighted by Gasteiger charge is 2.63. The van der Waals surface area contributed by atoms with Crippen LogP contribution in [-0.2, 0) is 20.7 Å². The minimum Gasteiger partial charge on any atom is -0.371 e. The normalized spacial score (nSPS) is 26.1. The van der Waals surface area contributed by atoms with Gasteiger partial charge in [-0.25, -0.2) is 9.18 Å². The highest BCUT2D eigenvalue weighted by molar-refractivity contribution is 6.20. The van der Waals surface area contributed by atoms with E-state index in [1.54, 1.807) is 4.90 Å². The molecule has 0 unspecified atom stereocenters. The molecule has 0 aliphatic carbocycles. The number of rotatable bonds is 3. The first kappa shape index (κ1) is 21.3. The SMILES string of the molecule is CC[C@@H]1CN2c3c(cc4c(C(N)=O)noc4c3F)CC3(C(=O)NC(=O)NC3=O)[C@H]2[C@H](CC)O1. The van der Waals surface area contributed by atoms with E-state index in [9.17, 15) is 19.2 Å². The van der Waals surface area contributed by atoms with Crippen molar-refractivity contribution in [3.05, 3.63) is 23.1 Å². The topological polar surface area (TPSA) is 157 Å². The lowest BCUT2D eigenvalue weighted by molar-refractivity contribution is -0.155. The lowest BCUT2D eigenvalue weighted by Gasteiger charge is -2.56. The molecule has 12 heteroatoms. The van der Waals surface area contributed by atoms with Gasteiger partial charge in [-0.1, -0.05) is 19.0 Å². The Bertz CT molecular complexity index is 1210. The fraction of sp³-hybridized carbons (Fsp3) is 0.476. The average molecular weight is 459 g/mol. The molecule has 5 amide bonds. The summed E-state index contributed by atoms with van der Waals surface area (Å²) in [4.78, 5) is 51.8. The van der Waals surface area contributed by atoms with Gasteiger partial charge in [0.25, 0.3) is 5.91 Å². The molecule has 1 aromatic carbocycles. The van der Waals surface area contributed by atoms with Crippen LogP contribution in [0.1, 0.15) is 42.7 Å². The van der Waals surface area contributed by atoms with Crippen LogP contribution in [0, 0.1) is 11.2 Å². The number of ether oxygens (including phenoxy) is 1. The van der Waals surface area contributed by atoms with E-state index in [4.69, 9.17) is 15.0 Å². The number of benzene rings is 1. The summed E-state index contributed by atoms with van der Waals surface area (Å²) in [6.07, 6.45) is -0.0245. The third-order valence-corrected chi connectivity index (χ3v) is 6.83. The van der Waals surface area contributed by atoms with Crippen LogP contribution < -0.4 is 21.3 Å². The predicted molar refractivity (Wildman–Crippen MR) is 111 cm³/mol. The van der Waals surface area contributed by atoms with E-state index in [0.29, 0.717) is 18.4 Å². The number of nitrogens with zero attached hydrogens (tertiary/aromatic N) is 2. The number of hydrogen-bond acceptors (Lipinski definition) is 8. The molecule has 0 saturated carbocycles. The van der Waals surface area contributed by atoms with E-state index in [0.717, 1.165) is 0 Å². The Morgan fingerprint density at radius 1 is 1.27 bits per heavy atom. The standard InChI is InChI=1S/C21H22FN5O6/c1-3-9-7-27-14-8(5-10-13(17(23)28)26-33-15(10)12(14)22)6-21(16(27)11(4-2)32-9)18(29)24-20(31)25-19(21)30/h5,9,11,16H,3-4,6-7H2,1-2H3,(H2,23,28)(H2,24,25,29,30,31)/t9-,11+,16-/m1/s1. The van der Waals surface area contributed by atoms with Crippen LogP contribution in [0.2, 0.25) is 0 Å². The Morgan fingerprint density at radius 3 is 2.58 bits per heavy atom. The smallest absolute Gasteiger partial charge is 0.328 e. The third-order valence-electron chi connectivity index (χ3n) is 6.83. The molecule has 1 aromatic heterocycles. The molecule has 174 valence electrons. The summed E-state index contributed by atoms with van der Waals surface area (Å²) in [6, 6.07) is -0.325. The molecule has 3 atom stereocenters. The molecule has 11 nitrogen and oxygen atoms in total. The minimum atomic E-state index is -1.76. The number of nitrogens with one attached hydrogen (secondary N) is 2. The van der Waals surface area contributed by atoms with Crippen LogP contribution in [0.15, 0.2) is 10.6 Å². The van der Waals surface area contributed by atoms with Crippen molar-refractivity contribution in [3.63, 3.8) is 0 Å². The first-order chi connectivity index (χ1) is 15.7. The van der Waals surface area contributed by atoms with E-state index in [-0.39, 0.29) is 41.4 Å². The maximum atomic E-state index is 15.8. The van der Waals surface area contributed by atoms with Gasteiger partial charge < -0.3 is 19.9 Å². The van der Waals surface area contributed by atoms with Crippen molar-refractivity contribution in [2.75, 3.05) is 11.4 Å². The monoisotopic (exact) mass is 459 g/mol. The number of anilines is 1. The largest absolute Gasteiger partial charge is 0.371 e. The number of hydrogen-bond donors (Lipinski definition) is 3. The Labute approximate surface area is 186 Å². The molecule has 1 spiro atoms. The third kappa shape index (κ3) is 2.79. The zero-order valence-corrected chi connectivity index (χ0v) is 17.9. The maximum Gasteiger partial charge on any atom is 0.328 e. The van der Waals surface area contributed by atoms with Gasteiger partial charge in [-0.3, -0.25) is 25.0 Å². The molecule has 3 aliphatic heterocycles. The van der Waals surface area contributed by atoms with E-state index in [2.05, 4.69) is 15.8 Å². The second-order valence-corrected chi connectivity index (χ2v) is 8.57. The minimum absolute atomic E-state index is 0.0485. The zero-order valence-electron chi connectivity index (χ0n) is 17.9. The van der Waals surface area contributed by atoms with E-state index in [1.165, 1.54) is 6.07 Å². The van der Waals surface area contributed by atoms with Crippen LogP contribution in [-0.4, -0.2) is 53.7 Å². The van der Waals surface area contributed by atoms with Crippen LogP contribution in [0.5, 0.6) is 0 Å². The van der Waals surface area contributed by atoms with Gasteiger partial charge in [0.2, 0.25) is 17.4 Å². The molecular formula is C21H22FN5O6. The highest BCUT2D eigenvalue weighted by atomic mass is 19.1. The van der Waals surface area contributed by atoms with Crippen molar-refractivity contribution in [2.24, 2.45) is 11.1 Å². The number of carbonyl (C=O) groups is 4. The molecule has 2 saturated heterocycles. The molecule has 4 heterocycles. The van der Waals surface area contributed by atoms with Gasteiger partial charge in [-0.15, -0.1) is 0 Å². The molecule has 5 rings (SSSR count). The molecule has 0 radical (unpaired) electrons. The van der Waals surface area contributed by atoms with Crippen LogP contribution in [0.4, 0.5) is 14.9 Å². The number of barbiturate groups is 1. The fourth-order valence-corrected chi connectivity index (χ4v) is 5.36. The second-order valence-electron chi connectivity index (χ2n) is 8.57. The molecular weight excluding hydrogens is 437 g/mol. The average Bonchev–Trinajstić information content (AvgIpc) is 3.20. The van der Waals surface area contributed by atoms with E-state index < -0.39 is 47.1 Å². The zero-order chi connectivity index (χ0) is 23.7. The number of primary amides is 1. The van der Waals surface area contributed by atoms with Gasteiger partial charge in [0.05, 0.1) is 29.3 Å². The molecule has 4 N–H and O–H groups in total. The maximum absolute atomic E-state index is 15.8. The van der Waals surface area contributed by atoms with Gasteiger partial charge in [-0.2, -0.15) is 0 Å². The first-order valence-corrected chi connectivity index (χ1v) is 10.7. The van der Waals surface area contributed by atoms with E-state index >= 15 is 4.39 Å². The first-order valence-electron chi connectivity index (χ1n) is 10.7. The Hall–Kier alpha value is -3.54. The number of carbonyl (C=O) groups excluding carboxylic acids is 4. The summed E-state index contributed by atoms with van der Waals surface area (Å²) in [5.74, 6) is -3.23. The van der Waals surface area contributed by atoms with Crippen molar-refractivity contribution in [1.29, 1.82) is 0 Å². The van der Waals surface area contributed by atoms with Crippen molar-refractivity contribution in [3.8, 4) is 0 Å². The van der Waals surface area contributed by atoms with Crippen LogP contribution in [0.3, 0.4) is 0 Å². The number of urea groups is 1. The van der Waals surface area contributed by atoms with Gasteiger partial charge >= 0.3 is 6.03 Å². The summed E-state index contributed by atoms with van der Waals surface area (Å²) in [7, 11) is 0. The second kappa shape index (κ2) is 7.24. The highest BCUT2D eigenvalue weighted by Crippen LogP contribution is 2.49. The van der Waals surface area contributed by atoms with E-state index in [1.807, 2.05) is 13.8 Å². The summed E-state index contributed by atoms with van der Waals surface area (Å²) < 4.78 is 27.1. The summed E-state index contributed by atoms with van der Waals surface area (Å²) in [5.41, 5.74) is 3.55. The number of amides is 5. The number of aromatic nitrogens is 1. The van der Waals surface area contributed by atoms with Crippen molar-refractivity contribution >= 4 is 40.4 Å². The number of nitrogens with two attached hydrogens (primary N) is 1. The fourth-order valence-electron chi connectivity index (χ4n) is 5.36. The predicted octanol–water partition coefficient (Wildman–Crippen LogP) is 0.737. The Morgan fingerprint density at radius 2 is 1.97 bits per heavy atom. The quantitative estimate of drug-likeness (QED) is 0.567. The summed E-state index contributed by atoms with van der Waals surface area (Å²) >= 11 is 0. The molecule has 2 aromatic rings. The number of imide groups is 2. The van der Waals surface area contributed by atoms with Crippen molar-refractivity contribution < 1.29 is 32.8 Å². The summed E-state index contributed by atoms with van der Waals surface area (Å²) in [6.45, 7) is 3.98. The lowest BCUT2D eigenvalue weighted by atomic mass is 9.66. The summed E-state index contributed by atoms with van der Waals surface area (Å²) in [5, 5.41) is 8.03. The van der Waals surface area contributed by atoms with Gasteiger partial charge in [0, 0.05) is 13.0 Å². The van der Waals surface area contributed by atoms with Gasteiger partial charge in [0.15, 0.2) is 16.9 Å². The molecule has 2 fully saturated rings. The molecule has 33 heavy (non-hydrogen) atoms. The molecule has 3 aliphatic rings. The Balaban J connectivity index is 1.79. The van der Waals surface area contributed by atoms with Gasteiger partial charge in [-0.05, 0) is 24.5 Å². The van der Waals surface area contributed by atoms with Crippen molar-refractivity contribution in [2.45, 2.75) is 51.4 Å². The number of morpholine rings is 1. The van der Waals surface area contributed by atoms with Crippen LogP contribution in [0.25, 0.3) is 11.0 Å². The lowest BCUT2D eigenvalue weighted by Crippen LogP contribution is -2.75. The number of halogens is 1. The molecule has 0 bridgehead atoms. The Kier molecular flexibility index (Phi) is 4.67. The van der Waals surface area contributed by atoms with Crippen LogP contribution >= 0.6 is 0 Å².